The van der Waals surface area contributed by atoms with Crippen LogP contribution in [0.3, 0.4) is 0 Å². The highest BCUT2D eigenvalue weighted by Crippen LogP contribution is 2.23. The number of amides is 1. The second-order valence-corrected chi connectivity index (χ2v) is 7.58. The zero-order chi connectivity index (χ0) is 21.5. The lowest BCUT2D eigenvalue weighted by Crippen LogP contribution is -2.13. The third kappa shape index (κ3) is 6.27. The van der Waals surface area contributed by atoms with E-state index in [-0.39, 0.29) is 5.57 Å². The van der Waals surface area contributed by atoms with E-state index in [9.17, 15) is 10.1 Å². The van der Waals surface area contributed by atoms with E-state index in [2.05, 4.69) is 5.32 Å². The summed E-state index contributed by atoms with van der Waals surface area (Å²) in [6.07, 6.45) is 1.48. The van der Waals surface area contributed by atoms with Gasteiger partial charge >= 0.3 is 0 Å². The summed E-state index contributed by atoms with van der Waals surface area (Å²) in [6, 6.07) is 21.0. The summed E-state index contributed by atoms with van der Waals surface area (Å²) in [5.41, 5.74) is 1.96. The Morgan fingerprint density at radius 1 is 0.967 bits per heavy atom. The van der Waals surface area contributed by atoms with Crippen LogP contribution in [0, 0.1) is 11.3 Å². The number of nitriles is 1. The first-order chi connectivity index (χ1) is 14.4. The quantitative estimate of drug-likeness (QED) is 0.328. The first kappa shape index (κ1) is 21.7. The Balaban J connectivity index is 1.72. The molecular formula is C23H15Cl3N2O2. The highest BCUT2D eigenvalue weighted by molar-refractivity contribution is 6.35. The van der Waals surface area contributed by atoms with Gasteiger partial charge in [-0.25, -0.2) is 0 Å². The third-order valence-electron chi connectivity index (χ3n) is 3.97. The van der Waals surface area contributed by atoms with Crippen LogP contribution in [0.15, 0.2) is 72.3 Å². The van der Waals surface area contributed by atoms with Crippen molar-refractivity contribution in [2.45, 2.75) is 6.61 Å². The van der Waals surface area contributed by atoms with Crippen molar-refractivity contribution in [3.63, 3.8) is 0 Å². The summed E-state index contributed by atoms with van der Waals surface area (Å²) < 4.78 is 5.79. The average Bonchev–Trinajstić information content (AvgIpc) is 2.71. The molecule has 3 aromatic rings. The van der Waals surface area contributed by atoms with Crippen LogP contribution in [0.1, 0.15) is 11.1 Å². The van der Waals surface area contributed by atoms with Crippen molar-refractivity contribution in [2.24, 2.45) is 0 Å². The number of nitrogens with zero attached hydrogens (tertiary/aromatic N) is 1. The smallest absolute Gasteiger partial charge is 0.266 e. The number of benzene rings is 3. The van der Waals surface area contributed by atoms with Crippen LogP contribution in [0.4, 0.5) is 5.69 Å². The molecule has 0 aromatic heterocycles. The van der Waals surface area contributed by atoms with Crippen LogP contribution >= 0.6 is 34.8 Å². The number of carbonyl (C=O) groups is 1. The summed E-state index contributed by atoms with van der Waals surface area (Å²) >= 11 is 17.8. The van der Waals surface area contributed by atoms with Crippen molar-refractivity contribution in [2.75, 3.05) is 5.32 Å². The summed E-state index contributed by atoms with van der Waals surface area (Å²) in [5.74, 6) is 0.0429. The van der Waals surface area contributed by atoms with Gasteiger partial charge < -0.3 is 10.1 Å². The van der Waals surface area contributed by atoms with Gasteiger partial charge in [0.15, 0.2) is 0 Å². The lowest BCUT2D eigenvalue weighted by atomic mass is 10.1. The molecule has 3 aromatic carbocycles. The molecule has 0 fully saturated rings. The Hall–Kier alpha value is -2.97. The third-order valence-corrected chi connectivity index (χ3v) is 4.66. The lowest BCUT2D eigenvalue weighted by molar-refractivity contribution is -0.112. The zero-order valence-electron chi connectivity index (χ0n) is 15.5. The predicted molar refractivity (Wildman–Crippen MR) is 121 cm³/mol. The number of hydrogen-bond acceptors (Lipinski definition) is 3. The summed E-state index contributed by atoms with van der Waals surface area (Å²) in [5, 5.41) is 13.5. The maximum absolute atomic E-state index is 12.5. The SMILES string of the molecule is N#C/C(=C/c1cccc(OCc2ccc(Cl)cc2)c1)C(=O)Nc1cc(Cl)cc(Cl)c1. The lowest BCUT2D eigenvalue weighted by Gasteiger charge is -2.08. The van der Waals surface area contributed by atoms with Crippen LogP contribution in [0.5, 0.6) is 5.75 Å². The standard InChI is InChI=1S/C23H15Cl3N2O2/c24-18-6-4-15(5-7-18)14-30-22-3-1-2-16(9-22)8-17(13-27)23(29)28-21-11-19(25)10-20(26)12-21/h1-12H,14H2,(H,28,29)/b17-8-. The molecule has 0 unspecified atom stereocenters. The molecule has 0 bridgehead atoms. The molecule has 7 heteroatoms. The van der Waals surface area contributed by atoms with E-state index in [4.69, 9.17) is 39.5 Å². The van der Waals surface area contributed by atoms with E-state index < -0.39 is 5.91 Å². The van der Waals surface area contributed by atoms with Crippen molar-refractivity contribution >= 4 is 52.5 Å². The van der Waals surface area contributed by atoms with E-state index >= 15 is 0 Å². The zero-order valence-corrected chi connectivity index (χ0v) is 17.8. The minimum atomic E-state index is -0.566. The van der Waals surface area contributed by atoms with E-state index in [0.29, 0.717) is 38.7 Å². The Kier molecular flexibility index (Phi) is 7.37. The van der Waals surface area contributed by atoms with E-state index in [0.717, 1.165) is 5.56 Å². The molecule has 0 heterocycles. The highest BCUT2D eigenvalue weighted by atomic mass is 35.5. The second-order valence-electron chi connectivity index (χ2n) is 6.27. The minimum absolute atomic E-state index is 0.0686. The fourth-order valence-electron chi connectivity index (χ4n) is 2.58. The number of carbonyl (C=O) groups excluding carboxylic acids is 1. The van der Waals surface area contributed by atoms with Crippen LogP contribution in [-0.2, 0) is 11.4 Å². The molecule has 0 aliphatic heterocycles. The maximum Gasteiger partial charge on any atom is 0.266 e. The molecule has 1 amide bonds. The van der Waals surface area contributed by atoms with Gasteiger partial charge in [0.2, 0.25) is 0 Å². The molecule has 0 radical (unpaired) electrons. The van der Waals surface area contributed by atoms with Gasteiger partial charge in [0.25, 0.3) is 5.91 Å². The number of nitrogens with one attached hydrogen (secondary N) is 1. The van der Waals surface area contributed by atoms with Crippen LogP contribution in [0.25, 0.3) is 6.08 Å². The predicted octanol–water partition coefficient (Wildman–Crippen LogP) is 6.77. The second kappa shape index (κ2) is 10.2. The van der Waals surface area contributed by atoms with E-state index in [1.54, 1.807) is 54.6 Å². The fourth-order valence-corrected chi connectivity index (χ4v) is 3.23. The van der Waals surface area contributed by atoms with Crippen LogP contribution in [-0.4, -0.2) is 5.91 Å². The van der Waals surface area contributed by atoms with Gasteiger partial charge in [-0.3, -0.25) is 4.79 Å². The van der Waals surface area contributed by atoms with Gasteiger partial charge in [0.05, 0.1) is 0 Å². The first-order valence-corrected chi connectivity index (χ1v) is 9.93. The average molecular weight is 458 g/mol. The Bertz CT molecular complexity index is 1120. The molecule has 0 aliphatic carbocycles. The Labute approximate surface area is 189 Å². The number of halogens is 3. The monoisotopic (exact) mass is 456 g/mol. The van der Waals surface area contributed by atoms with E-state index in [1.807, 2.05) is 18.2 Å². The van der Waals surface area contributed by atoms with Crippen molar-refractivity contribution in [3.05, 3.63) is 98.5 Å². The number of anilines is 1. The molecular weight excluding hydrogens is 443 g/mol. The molecule has 0 saturated carbocycles. The fraction of sp³-hybridized carbons (Fsp3) is 0.0435. The molecule has 0 spiro atoms. The summed E-state index contributed by atoms with van der Waals surface area (Å²) in [6.45, 7) is 0.367. The van der Waals surface area contributed by atoms with Crippen molar-refractivity contribution < 1.29 is 9.53 Å². The van der Waals surface area contributed by atoms with Gasteiger partial charge in [-0.1, -0.05) is 59.1 Å². The van der Waals surface area contributed by atoms with Gasteiger partial charge in [0, 0.05) is 20.8 Å². The summed E-state index contributed by atoms with van der Waals surface area (Å²) in [4.78, 5) is 12.5. The number of rotatable bonds is 6. The first-order valence-electron chi connectivity index (χ1n) is 8.79. The molecule has 0 atom stereocenters. The largest absolute Gasteiger partial charge is 0.489 e. The molecule has 3 rings (SSSR count). The van der Waals surface area contributed by atoms with Gasteiger partial charge in [-0.15, -0.1) is 0 Å². The van der Waals surface area contributed by atoms with Crippen molar-refractivity contribution in [1.29, 1.82) is 5.26 Å². The molecule has 30 heavy (non-hydrogen) atoms. The van der Waals surface area contributed by atoms with E-state index in [1.165, 1.54) is 6.08 Å². The minimum Gasteiger partial charge on any atom is -0.489 e. The van der Waals surface area contributed by atoms with Crippen molar-refractivity contribution in [3.8, 4) is 11.8 Å². The van der Waals surface area contributed by atoms with Crippen molar-refractivity contribution in [1.82, 2.24) is 0 Å². The number of hydrogen-bond donors (Lipinski definition) is 1. The molecule has 0 aliphatic rings. The van der Waals surface area contributed by atoms with Gasteiger partial charge in [0.1, 0.15) is 24.0 Å². The van der Waals surface area contributed by atoms with Crippen LogP contribution in [0.2, 0.25) is 15.1 Å². The van der Waals surface area contributed by atoms with Gasteiger partial charge in [-0.05, 0) is 59.7 Å². The molecule has 0 saturated heterocycles. The number of ether oxygens (including phenoxy) is 1. The molecule has 1 N–H and O–H groups in total. The maximum atomic E-state index is 12.5. The Morgan fingerprint density at radius 3 is 2.33 bits per heavy atom. The molecule has 150 valence electrons. The summed E-state index contributed by atoms with van der Waals surface area (Å²) in [7, 11) is 0. The highest BCUT2D eigenvalue weighted by Gasteiger charge is 2.11. The topological polar surface area (TPSA) is 62.1 Å². The molecule has 4 nitrogen and oxygen atoms in total. The van der Waals surface area contributed by atoms with Crippen LogP contribution < -0.4 is 10.1 Å². The normalized spacial score (nSPS) is 10.9. The Morgan fingerprint density at radius 2 is 1.67 bits per heavy atom. The van der Waals surface area contributed by atoms with Gasteiger partial charge in [-0.2, -0.15) is 5.26 Å².